The molecule has 4 aromatic rings. The SMILES string of the molecule is CCc1[nH]n2c(=O)c(C)c(-c3ccc(C(F)(F)F)cc3)nc2c1-c1ccc(C#N)cc1. The molecule has 4 rings (SSSR count). The zero-order chi connectivity index (χ0) is 22.3. The maximum atomic E-state index is 13.0. The normalized spacial score (nSPS) is 11.6. The molecule has 156 valence electrons. The van der Waals surface area contributed by atoms with Crippen molar-refractivity contribution in [1.29, 1.82) is 5.26 Å². The number of benzene rings is 2. The molecule has 0 radical (unpaired) electrons. The fourth-order valence-electron chi connectivity index (χ4n) is 3.57. The maximum Gasteiger partial charge on any atom is 0.416 e. The van der Waals surface area contributed by atoms with Gasteiger partial charge in [-0.15, -0.1) is 0 Å². The van der Waals surface area contributed by atoms with Gasteiger partial charge in [-0.2, -0.15) is 18.4 Å². The van der Waals surface area contributed by atoms with E-state index in [1.165, 1.54) is 16.6 Å². The van der Waals surface area contributed by atoms with Gasteiger partial charge in [0.15, 0.2) is 5.65 Å². The lowest BCUT2D eigenvalue weighted by Gasteiger charge is -2.09. The van der Waals surface area contributed by atoms with Gasteiger partial charge >= 0.3 is 6.18 Å². The van der Waals surface area contributed by atoms with Gasteiger partial charge in [0.1, 0.15) is 0 Å². The summed E-state index contributed by atoms with van der Waals surface area (Å²) >= 11 is 0. The van der Waals surface area contributed by atoms with Crippen LogP contribution in [0.15, 0.2) is 53.3 Å². The molecule has 5 nitrogen and oxygen atoms in total. The minimum atomic E-state index is -4.44. The lowest BCUT2D eigenvalue weighted by Crippen LogP contribution is -2.19. The van der Waals surface area contributed by atoms with Crippen molar-refractivity contribution in [1.82, 2.24) is 14.6 Å². The average molecular weight is 422 g/mol. The third kappa shape index (κ3) is 3.48. The summed E-state index contributed by atoms with van der Waals surface area (Å²) in [6.07, 6.45) is -3.84. The lowest BCUT2D eigenvalue weighted by molar-refractivity contribution is -0.137. The monoisotopic (exact) mass is 422 g/mol. The molecule has 0 saturated heterocycles. The van der Waals surface area contributed by atoms with Crippen LogP contribution in [0.25, 0.3) is 28.0 Å². The fraction of sp³-hybridized carbons (Fsp3) is 0.174. The van der Waals surface area contributed by atoms with E-state index in [4.69, 9.17) is 5.26 Å². The third-order valence-electron chi connectivity index (χ3n) is 5.22. The van der Waals surface area contributed by atoms with E-state index in [1.54, 1.807) is 31.2 Å². The van der Waals surface area contributed by atoms with Crippen molar-refractivity contribution >= 4 is 5.65 Å². The van der Waals surface area contributed by atoms with Crippen molar-refractivity contribution in [3.63, 3.8) is 0 Å². The van der Waals surface area contributed by atoms with Gasteiger partial charge in [0.05, 0.1) is 22.9 Å². The molecule has 0 unspecified atom stereocenters. The summed E-state index contributed by atoms with van der Waals surface area (Å²) < 4.78 is 40.1. The number of alkyl halides is 3. The Hall–Kier alpha value is -3.86. The minimum Gasteiger partial charge on any atom is -0.293 e. The van der Waals surface area contributed by atoms with Crippen LogP contribution in [0.2, 0.25) is 0 Å². The summed E-state index contributed by atoms with van der Waals surface area (Å²) in [6.45, 7) is 3.54. The minimum absolute atomic E-state index is 0.325. The summed E-state index contributed by atoms with van der Waals surface area (Å²) in [5.41, 5.74) is 3.17. The van der Waals surface area contributed by atoms with Crippen LogP contribution >= 0.6 is 0 Å². The van der Waals surface area contributed by atoms with Crippen LogP contribution in [-0.2, 0) is 12.6 Å². The number of aromatic nitrogens is 3. The number of aromatic amines is 1. The van der Waals surface area contributed by atoms with Gasteiger partial charge in [-0.3, -0.25) is 9.89 Å². The molecule has 0 spiro atoms. The van der Waals surface area contributed by atoms with E-state index in [1.807, 2.05) is 6.92 Å². The maximum absolute atomic E-state index is 13.0. The zero-order valence-electron chi connectivity index (χ0n) is 16.7. The molecule has 0 aliphatic heterocycles. The van der Waals surface area contributed by atoms with Crippen molar-refractivity contribution in [3.05, 3.63) is 81.3 Å². The zero-order valence-corrected chi connectivity index (χ0v) is 16.7. The Kier molecular flexibility index (Phi) is 4.90. The van der Waals surface area contributed by atoms with Gasteiger partial charge in [0.2, 0.25) is 0 Å². The molecule has 0 fully saturated rings. The Morgan fingerprint density at radius 1 is 1.06 bits per heavy atom. The second kappa shape index (κ2) is 7.43. The molecular weight excluding hydrogens is 405 g/mol. The molecule has 0 aliphatic rings. The number of hydrogen-bond donors (Lipinski definition) is 1. The highest BCUT2D eigenvalue weighted by Gasteiger charge is 2.30. The standard InChI is InChI=1S/C23H17F3N4O/c1-3-18-19(15-6-4-14(12-27)5-7-15)21-28-20(13(2)22(31)30(21)29-18)16-8-10-17(11-9-16)23(24,25)26/h4-11,29H,3H2,1-2H3. The number of nitrogens with zero attached hydrogens (tertiary/aromatic N) is 3. The van der Waals surface area contributed by atoms with E-state index in [0.29, 0.717) is 34.5 Å². The van der Waals surface area contributed by atoms with E-state index < -0.39 is 11.7 Å². The van der Waals surface area contributed by atoms with Crippen LogP contribution in [-0.4, -0.2) is 14.6 Å². The topological polar surface area (TPSA) is 73.9 Å². The second-order valence-corrected chi connectivity index (χ2v) is 7.13. The molecule has 0 saturated carbocycles. The van der Waals surface area contributed by atoms with Gasteiger partial charge in [-0.1, -0.05) is 31.2 Å². The molecule has 2 heterocycles. The van der Waals surface area contributed by atoms with E-state index >= 15 is 0 Å². The number of nitriles is 1. The predicted octanol–water partition coefficient (Wildman–Crippen LogP) is 5.12. The number of hydrogen-bond acceptors (Lipinski definition) is 3. The van der Waals surface area contributed by atoms with Gasteiger partial charge in [0, 0.05) is 22.4 Å². The average Bonchev–Trinajstić information content (AvgIpc) is 3.14. The van der Waals surface area contributed by atoms with Crippen LogP contribution in [0.4, 0.5) is 13.2 Å². The molecule has 31 heavy (non-hydrogen) atoms. The van der Waals surface area contributed by atoms with Gasteiger partial charge in [-0.25, -0.2) is 9.50 Å². The molecule has 0 bridgehead atoms. The Bertz CT molecular complexity index is 1370. The van der Waals surface area contributed by atoms with Crippen LogP contribution in [0.1, 0.15) is 29.3 Å². The lowest BCUT2D eigenvalue weighted by atomic mass is 10.0. The summed E-state index contributed by atoms with van der Waals surface area (Å²) in [5.74, 6) is 0. The number of nitrogens with one attached hydrogen (secondary N) is 1. The molecule has 2 aromatic carbocycles. The number of halogens is 3. The smallest absolute Gasteiger partial charge is 0.293 e. The van der Waals surface area contributed by atoms with Crippen molar-refractivity contribution in [2.24, 2.45) is 0 Å². The second-order valence-electron chi connectivity index (χ2n) is 7.13. The van der Waals surface area contributed by atoms with Crippen LogP contribution in [0.5, 0.6) is 0 Å². The Morgan fingerprint density at radius 3 is 2.23 bits per heavy atom. The number of aryl methyl sites for hydroxylation is 1. The highest BCUT2D eigenvalue weighted by Crippen LogP contribution is 2.32. The van der Waals surface area contributed by atoms with Gasteiger partial charge < -0.3 is 0 Å². The molecular formula is C23H17F3N4O. The first-order valence-corrected chi connectivity index (χ1v) is 9.57. The fourth-order valence-corrected chi connectivity index (χ4v) is 3.57. The van der Waals surface area contributed by atoms with Crippen molar-refractivity contribution in [3.8, 4) is 28.5 Å². The van der Waals surface area contributed by atoms with E-state index in [9.17, 15) is 18.0 Å². The molecule has 0 aliphatic carbocycles. The van der Waals surface area contributed by atoms with Crippen molar-refractivity contribution in [2.75, 3.05) is 0 Å². The molecule has 0 amide bonds. The Labute approximate surface area is 175 Å². The Balaban J connectivity index is 1.96. The van der Waals surface area contributed by atoms with Crippen molar-refractivity contribution in [2.45, 2.75) is 26.4 Å². The first-order valence-electron chi connectivity index (χ1n) is 9.57. The summed E-state index contributed by atoms with van der Waals surface area (Å²) in [4.78, 5) is 17.7. The Morgan fingerprint density at radius 2 is 1.68 bits per heavy atom. The van der Waals surface area contributed by atoms with Crippen LogP contribution < -0.4 is 5.56 Å². The summed E-state index contributed by atoms with van der Waals surface area (Å²) in [6, 6.07) is 13.6. The van der Waals surface area contributed by atoms with E-state index in [2.05, 4.69) is 16.2 Å². The highest BCUT2D eigenvalue weighted by molar-refractivity contribution is 5.82. The molecule has 8 heteroatoms. The number of rotatable bonds is 3. The number of fused-ring (bicyclic) bond motifs is 1. The van der Waals surface area contributed by atoms with Gasteiger partial charge in [0.25, 0.3) is 5.56 Å². The molecule has 2 aromatic heterocycles. The highest BCUT2D eigenvalue weighted by atomic mass is 19.4. The van der Waals surface area contributed by atoms with Gasteiger partial charge in [-0.05, 0) is 43.2 Å². The van der Waals surface area contributed by atoms with Crippen LogP contribution in [0, 0.1) is 18.3 Å². The predicted molar refractivity (Wildman–Crippen MR) is 111 cm³/mol. The molecule has 1 N–H and O–H groups in total. The first-order chi connectivity index (χ1) is 14.7. The van der Waals surface area contributed by atoms with Crippen molar-refractivity contribution < 1.29 is 13.2 Å². The molecule has 0 atom stereocenters. The summed E-state index contributed by atoms with van der Waals surface area (Å²) in [7, 11) is 0. The number of H-pyrrole nitrogens is 1. The van der Waals surface area contributed by atoms with E-state index in [0.717, 1.165) is 29.0 Å². The largest absolute Gasteiger partial charge is 0.416 e. The third-order valence-corrected chi connectivity index (χ3v) is 5.22. The van der Waals surface area contributed by atoms with E-state index in [-0.39, 0.29) is 5.56 Å². The quantitative estimate of drug-likeness (QED) is 0.498. The van der Waals surface area contributed by atoms with Crippen LogP contribution in [0.3, 0.4) is 0 Å². The first kappa shape index (κ1) is 20.4. The summed E-state index contributed by atoms with van der Waals surface area (Å²) in [5, 5.41) is 12.1.